The molecule has 1 aromatic heterocycles. The van der Waals surface area contributed by atoms with Crippen molar-refractivity contribution in [2.24, 2.45) is 0 Å². The van der Waals surface area contributed by atoms with Crippen molar-refractivity contribution in [2.45, 2.75) is 6.92 Å². The van der Waals surface area contributed by atoms with E-state index < -0.39 is 16.0 Å². The number of aliphatic carboxylic acids is 1. The van der Waals surface area contributed by atoms with Gasteiger partial charge in [0.15, 0.2) is 0 Å². The summed E-state index contributed by atoms with van der Waals surface area (Å²) in [5, 5.41) is 11.1. The lowest BCUT2D eigenvalue weighted by molar-refractivity contribution is -0.131. The number of nitrogens with one attached hydrogen (secondary N) is 2. The standard InChI is InChI=1S/C12H16N2O5S2/c1-8-7-10(20-9(8)3-4-11(15)16)12(17)14-5-6-21(18,19)13-2/h3-4,7,13H,5-6H2,1-2H3,(H,14,17)(H,15,16)/b4-3+. The Kier molecular flexibility index (Phi) is 6.06. The van der Waals surface area contributed by atoms with Gasteiger partial charge in [-0.15, -0.1) is 11.3 Å². The van der Waals surface area contributed by atoms with Gasteiger partial charge in [-0.1, -0.05) is 0 Å². The van der Waals surface area contributed by atoms with Crippen molar-refractivity contribution < 1.29 is 23.1 Å². The van der Waals surface area contributed by atoms with E-state index in [-0.39, 0.29) is 18.2 Å². The van der Waals surface area contributed by atoms with Gasteiger partial charge in [0, 0.05) is 17.5 Å². The first kappa shape index (κ1) is 17.3. The zero-order valence-corrected chi connectivity index (χ0v) is 13.2. The number of carboxylic acids is 1. The van der Waals surface area contributed by atoms with E-state index in [0.717, 1.165) is 23.0 Å². The summed E-state index contributed by atoms with van der Waals surface area (Å²) in [6.07, 6.45) is 2.42. The lowest BCUT2D eigenvalue weighted by atomic mass is 10.2. The first-order valence-corrected chi connectivity index (χ1v) is 8.43. The average Bonchev–Trinajstić information content (AvgIpc) is 2.77. The monoisotopic (exact) mass is 332 g/mol. The van der Waals surface area contributed by atoms with E-state index in [1.807, 2.05) is 0 Å². The number of carbonyl (C=O) groups is 2. The van der Waals surface area contributed by atoms with Crippen molar-refractivity contribution in [3.05, 3.63) is 27.5 Å². The molecule has 1 aromatic rings. The molecule has 7 nitrogen and oxygen atoms in total. The summed E-state index contributed by atoms with van der Waals surface area (Å²) in [5.74, 6) is -1.65. The Morgan fingerprint density at radius 3 is 2.67 bits per heavy atom. The van der Waals surface area contributed by atoms with Gasteiger partial charge in [-0.05, 0) is 31.7 Å². The molecule has 0 saturated heterocycles. The molecule has 0 fully saturated rings. The smallest absolute Gasteiger partial charge is 0.328 e. The van der Waals surface area contributed by atoms with E-state index in [0.29, 0.717) is 9.75 Å². The molecule has 9 heteroatoms. The van der Waals surface area contributed by atoms with Crippen LogP contribution in [-0.4, -0.2) is 44.7 Å². The maximum Gasteiger partial charge on any atom is 0.328 e. The number of hydrogen-bond donors (Lipinski definition) is 3. The summed E-state index contributed by atoms with van der Waals surface area (Å²) in [6.45, 7) is 1.76. The van der Waals surface area contributed by atoms with Crippen LogP contribution in [0.1, 0.15) is 20.1 Å². The van der Waals surface area contributed by atoms with Crippen molar-refractivity contribution in [1.29, 1.82) is 0 Å². The van der Waals surface area contributed by atoms with Gasteiger partial charge in [-0.2, -0.15) is 0 Å². The third-order valence-electron chi connectivity index (χ3n) is 2.52. The minimum absolute atomic E-state index is 0.000741. The molecule has 0 spiro atoms. The van der Waals surface area contributed by atoms with E-state index in [2.05, 4.69) is 10.0 Å². The first-order valence-electron chi connectivity index (χ1n) is 5.96. The second-order valence-corrected chi connectivity index (χ2v) is 7.24. The van der Waals surface area contributed by atoms with Crippen LogP contribution in [0.15, 0.2) is 12.1 Å². The summed E-state index contributed by atoms with van der Waals surface area (Å²) >= 11 is 1.15. The predicted octanol–water partition coefficient (Wildman–Crippen LogP) is 0.433. The van der Waals surface area contributed by atoms with E-state index in [9.17, 15) is 18.0 Å². The van der Waals surface area contributed by atoms with E-state index in [4.69, 9.17) is 5.11 Å². The van der Waals surface area contributed by atoms with Crippen LogP contribution >= 0.6 is 11.3 Å². The van der Waals surface area contributed by atoms with Gasteiger partial charge < -0.3 is 10.4 Å². The SMILES string of the molecule is CNS(=O)(=O)CCNC(=O)c1cc(C)c(/C=C/C(=O)O)s1. The molecule has 3 N–H and O–H groups in total. The number of hydrogen-bond acceptors (Lipinski definition) is 5. The Hall–Kier alpha value is -1.71. The molecule has 116 valence electrons. The minimum atomic E-state index is -3.36. The third kappa shape index (κ3) is 5.66. The molecule has 0 unspecified atom stereocenters. The number of rotatable bonds is 7. The molecular weight excluding hydrogens is 316 g/mol. The summed E-state index contributed by atoms with van der Waals surface area (Å²) in [4.78, 5) is 23.4. The fourth-order valence-corrected chi connectivity index (χ4v) is 2.98. The van der Waals surface area contributed by atoms with Gasteiger partial charge in [-0.3, -0.25) is 4.79 Å². The van der Waals surface area contributed by atoms with E-state index in [1.54, 1.807) is 13.0 Å². The molecular formula is C12H16N2O5S2. The fourth-order valence-electron chi connectivity index (χ4n) is 1.41. The zero-order chi connectivity index (χ0) is 16.0. The van der Waals surface area contributed by atoms with Gasteiger partial charge >= 0.3 is 5.97 Å². The highest BCUT2D eigenvalue weighted by atomic mass is 32.2. The fraction of sp³-hybridized carbons (Fsp3) is 0.333. The summed E-state index contributed by atoms with van der Waals surface area (Å²) in [6, 6.07) is 1.63. The Balaban J connectivity index is 2.67. The van der Waals surface area contributed by atoms with Crippen LogP contribution in [0.5, 0.6) is 0 Å². The number of thiophene rings is 1. The molecule has 1 amide bonds. The van der Waals surface area contributed by atoms with Crippen molar-refractivity contribution in [3.63, 3.8) is 0 Å². The van der Waals surface area contributed by atoms with Crippen molar-refractivity contribution in [2.75, 3.05) is 19.3 Å². The van der Waals surface area contributed by atoms with Gasteiger partial charge in [0.05, 0.1) is 10.6 Å². The van der Waals surface area contributed by atoms with E-state index in [1.165, 1.54) is 13.1 Å². The summed E-state index contributed by atoms with van der Waals surface area (Å²) in [5.41, 5.74) is 0.783. The normalized spacial score (nSPS) is 11.7. The van der Waals surface area contributed by atoms with Gasteiger partial charge in [0.1, 0.15) is 0 Å². The van der Waals surface area contributed by atoms with Crippen LogP contribution in [0.2, 0.25) is 0 Å². The number of carboxylic acid groups (broad SMARTS) is 1. The maximum absolute atomic E-state index is 11.9. The Bertz CT molecular complexity index is 661. The Morgan fingerprint density at radius 1 is 1.43 bits per heavy atom. The van der Waals surface area contributed by atoms with Crippen LogP contribution in [-0.2, 0) is 14.8 Å². The average molecular weight is 332 g/mol. The molecule has 0 bridgehead atoms. The molecule has 0 saturated carbocycles. The topological polar surface area (TPSA) is 113 Å². The molecule has 0 aromatic carbocycles. The molecule has 0 aliphatic heterocycles. The second kappa shape index (κ2) is 7.34. The minimum Gasteiger partial charge on any atom is -0.478 e. The van der Waals surface area contributed by atoms with Crippen LogP contribution in [0, 0.1) is 6.92 Å². The van der Waals surface area contributed by atoms with Gasteiger partial charge in [0.25, 0.3) is 5.91 Å². The molecule has 0 aliphatic rings. The summed E-state index contributed by atoms with van der Waals surface area (Å²) < 4.78 is 24.6. The Morgan fingerprint density at radius 2 is 2.10 bits per heavy atom. The van der Waals surface area contributed by atoms with Crippen molar-refractivity contribution >= 4 is 39.3 Å². The highest BCUT2D eigenvalue weighted by Gasteiger charge is 2.13. The number of carbonyl (C=O) groups excluding carboxylic acids is 1. The highest BCUT2D eigenvalue weighted by Crippen LogP contribution is 2.23. The second-order valence-electron chi connectivity index (χ2n) is 4.11. The van der Waals surface area contributed by atoms with Crippen molar-refractivity contribution in [3.8, 4) is 0 Å². The van der Waals surface area contributed by atoms with Crippen LogP contribution < -0.4 is 10.0 Å². The highest BCUT2D eigenvalue weighted by molar-refractivity contribution is 7.89. The van der Waals surface area contributed by atoms with Gasteiger partial charge in [0.2, 0.25) is 10.0 Å². The first-order chi connectivity index (χ1) is 9.75. The largest absolute Gasteiger partial charge is 0.478 e. The summed E-state index contributed by atoms with van der Waals surface area (Å²) in [7, 11) is -2.05. The maximum atomic E-state index is 11.9. The van der Waals surface area contributed by atoms with E-state index >= 15 is 0 Å². The molecule has 1 rings (SSSR count). The van der Waals surface area contributed by atoms with Crippen LogP contribution in [0.3, 0.4) is 0 Å². The lowest BCUT2D eigenvalue weighted by Gasteiger charge is -2.03. The molecule has 21 heavy (non-hydrogen) atoms. The Labute approximate surface area is 126 Å². The predicted molar refractivity (Wildman–Crippen MR) is 80.9 cm³/mol. The quantitative estimate of drug-likeness (QED) is 0.627. The zero-order valence-electron chi connectivity index (χ0n) is 11.5. The molecule has 0 atom stereocenters. The van der Waals surface area contributed by atoms with Crippen LogP contribution in [0.25, 0.3) is 6.08 Å². The molecule has 1 heterocycles. The lowest BCUT2D eigenvalue weighted by Crippen LogP contribution is -2.32. The number of amides is 1. The third-order valence-corrected chi connectivity index (χ3v) is 5.09. The van der Waals surface area contributed by atoms with Crippen LogP contribution in [0.4, 0.5) is 0 Å². The number of aryl methyl sites for hydroxylation is 1. The van der Waals surface area contributed by atoms with Crippen molar-refractivity contribution in [1.82, 2.24) is 10.0 Å². The number of sulfonamides is 1. The molecule has 0 radical (unpaired) electrons. The van der Waals surface area contributed by atoms with Gasteiger partial charge in [-0.25, -0.2) is 17.9 Å². The molecule has 0 aliphatic carbocycles.